The number of aliphatic hydroxyl groups excluding tert-OH is 1. The standard InChI is InChI=1S/C33H35N3O7/c1-22(2)29-31(39)36(35(23(3)37)27(30(38)32(40)41)19-24-13-7-4-8-14-24)28(26-17-11-6-12-18-26)20-34(29)33(42)43-21-25-15-9-5-10-16-25/h4-18,20,22,27,29-30,38H,19,21H2,1-3H3,(H,40,41)/t27-,29?,30?/m0/s1. The van der Waals surface area contributed by atoms with Crippen molar-refractivity contribution in [3.8, 4) is 0 Å². The van der Waals surface area contributed by atoms with E-state index in [0.717, 1.165) is 15.6 Å². The average molecular weight is 586 g/mol. The van der Waals surface area contributed by atoms with E-state index in [-0.39, 0.29) is 18.7 Å². The van der Waals surface area contributed by atoms with E-state index in [0.29, 0.717) is 11.1 Å². The number of nitrogens with zero attached hydrogens (tertiary/aromatic N) is 3. The monoisotopic (exact) mass is 585 g/mol. The zero-order valence-corrected chi connectivity index (χ0v) is 24.2. The summed E-state index contributed by atoms with van der Waals surface area (Å²) < 4.78 is 5.59. The van der Waals surface area contributed by atoms with Gasteiger partial charge in [0.05, 0.1) is 11.7 Å². The quantitative estimate of drug-likeness (QED) is 0.363. The first-order chi connectivity index (χ1) is 20.6. The minimum atomic E-state index is -2.03. The summed E-state index contributed by atoms with van der Waals surface area (Å²) in [6.07, 6.45) is -1.41. The Morgan fingerprint density at radius 2 is 1.42 bits per heavy atom. The molecule has 2 unspecified atom stereocenters. The van der Waals surface area contributed by atoms with E-state index in [1.807, 2.05) is 30.3 Å². The van der Waals surface area contributed by atoms with Crippen LogP contribution < -0.4 is 0 Å². The fourth-order valence-corrected chi connectivity index (χ4v) is 5.10. The number of hydrogen-bond donors (Lipinski definition) is 2. The molecule has 0 aliphatic carbocycles. The van der Waals surface area contributed by atoms with Crippen molar-refractivity contribution in [2.24, 2.45) is 5.92 Å². The number of amides is 3. The molecule has 10 nitrogen and oxygen atoms in total. The van der Waals surface area contributed by atoms with E-state index in [4.69, 9.17) is 4.74 Å². The number of carbonyl (C=O) groups is 4. The first-order valence-electron chi connectivity index (χ1n) is 13.9. The Morgan fingerprint density at radius 3 is 1.93 bits per heavy atom. The molecule has 0 bridgehead atoms. The molecule has 0 aromatic heterocycles. The van der Waals surface area contributed by atoms with E-state index in [2.05, 4.69) is 0 Å². The molecule has 1 aliphatic heterocycles. The third kappa shape index (κ3) is 7.10. The Bertz CT molecular complexity index is 1460. The molecule has 3 atom stereocenters. The van der Waals surface area contributed by atoms with Gasteiger partial charge in [0.1, 0.15) is 12.6 Å². The Labute approximate surface area is 250 Å². The molecule has 0 spiro atoms. The van der Waals surface area contributed by atoms with Crippen LogP contribution in [0.5, 0.6) is 0 Å². The van der Waals surface area contributed by atoms with Gasteiger partial charge in [-0.05, 0) is 23.5 Å². The summed E-state index contributed by atoms with van der Waals surface area (Å²) in [7, 11) is 0. The first-order valence-corrected chi connectivity index (χ1v) is 13.9. The lowest BCUT2D eigenvalue weighted by Gasteiger charge is -2.47. The fourth-order valence-electron chi connectivity index (χ4n) is 5.10. The van der Waals surface area contributed by atoms with Crippen LogP contribution in [0.4, 0.5) is 4.79 Å². The van der Waals surface area contributed by atoms with Crippen LogP contribution >= 0.6 is 0 Å². The minimum absolute atomic E-state index is 0.0169. The molecule has 4 rings (SSSR count). The van der Waals surface area contributed by atoms with Gasteiger partial charge in [-0.2, -0.15) is 0 Å². The highest BCUT2D eigenvalue weighted by molar-refractivity contribution is 5.97. The second-order valence-electron chi connectivity index (χ2n) is 10.6. The van der Waals surface area contributed by atoms with E-state index in [1.165, 1.54) is 18.0 Å². The summed E-state index contributed by atoms with van der Waals surface area (Å²) in [6, 6.07) is 24.1. The highest BCUT2D eigenvalue weighted by Crippen LogP contribution is 2.34. The number of ether oxygens (including phenoxy) is 1. The molecule has 224 valence electrons. The summed E-state index contributed by atoms with van der Waals surface area (Å²) in [5, 5.41) is 22.8. The Balaban J connectivity index is 1.84. The van der Waals surface area contributed by atoms with Crippen molar-refractivity contribution in [2.75, 3.05) is 0 Å². The maximum Gasteiger partial charge on any atom is 0.414 e. The second-order valence-corrected chi connectivity index (χ2v) is 10.6. The lowest BCUT2D eigenvalue weighted by molar-refractivity contribution is -0.174. The average Bonchev–Trinajstić information content (AvgIpc) is 3.00. The number of carbonyl (C=O) groups excluding carboxylic acids is 3. The van der Waals surface area contributed by atoms with Gasteiger partial charge < -0.3 is 14.9 Å². The Hall–Kier alpha value is -4.96. The van der Waals surface area contributed by atoms with Crippen LogP contribution in [0.2, 0.25) is 0 Å². The predicted molar refractivity (Wildman–Crippen MR) is 158 cm³/mol. The summed E-state index contributed by atoms with van der Waals surface area (Å²) in [5.74, 6) is -3.30. The SMILES string of the molecule is CC(=O)N([C@@H](Cc1ccccc1)C(O)C(=O)O)N1C(=O)C(C(C)C)N(C(=O)OCc2ccccc2)C=C1c1ccccc1. The molecule has 2 N–H and O–H groups in total. The van der Waals surface area contributed by atoms with Gasteiger partial charge in [0.25, 0.3) is 5.91 Å². The summed E-state index contributed by atoms with van der Waals surface area (Å²) in [6.45, 7) is 4.70. The second kappa shape index (κ2) is 13.8. The van der Waals surface area contributed by atoms with E-state index in [9.17, 15) is 29.4 Å². The maximum atomic E-state index is 14.4. The third-order valence-electron chi connectivity index (χ3n) is 7.13. The van der Waals surface area contributed by atoms with Gasteiger partial charge in [-0.25, -0.2) is 19.6 Å². The van der Waals surface area contributed by atoms with Crippen molar-refractivity contribution in [3.63, 3.8) is 0 Å². The number of rotatable bonds is 10. The van der Waals surface area contributed by atoms with Crippen LogP contribution in [0.15, 0.2) is 97.2 Å². The zero-order chi connectivity index (χ0) is 31.1. The van der Waals surface area contributed by atoms with Crippen molar-refractivity contribution in [2.45, 2.75) is 52.0 Å². The summed E-state index contributed by atoms with van der Waals surface area (Å²) in [4.78, 5) is 54.6. The molecule has 3 amide bonds. The fraction of sp³-hybridized carbons (Fsp3) is 0.273. The van der Waals surface area contributed by atoms with Gasteiger partial charge in [0, 0.05) is 18.7 Å². The van der Waals surface area contributed by atoms with Crippen LogP contribution in [-0.4, -0.2) is 67.2 Å². The number of hydrazine groups is 1. The number of hydrogen-bond acceptors (Lipinski definition) is 6. The predicted octanol–water partition coefficient (Wildman–Crippen LogP) is 4.31. The van der Waals surface area contributed by atoms with Crippen molar-refractivity contribution in [1.29, 1.82) is 0 Å². The molecule has 1 aliphatic rings. The molecule has 43 heavy (non-hydrogen) atoms. The molecule has 10 heteroatoms. The molecule has 0 radical (unpaired) electrons. The molecular formula is C33H35N3O7. The van der Waals surface area contributed by atoms with Crippen molar-refractivity contribution in [1.82, 2.24) is 14.9 Å². The molecule has 0 fully saturated rings. The minimum Gasteiger partial charge on any atom is -0.479 e. The van der Waals surface area contributed by atoms with Crippen LogP contribution in [0.25, 0.3) is 5.70 Å². The molecule has 1 heterocycles. The van der Waals surface area contributed by atoms with Gasteiger partial charge >= 0.3 is 12.1 Å². The van der Waals surface area contributed by atoms with Gasteiger partial charge in [-0.15, -0.1) is 0 Å². The number of benzene rings is 3. The van der Waals surface area contributed by atoms with Crippen LogP contribution in [0.1, 0.15) is 37.5 Å². The highest BCUT2D eigenvalue weighted by Gasteiger charge is 2.47. The summed E-state index contributed by atoms with van der Waals surface area (Å²) in [5.41, 5.74) is 2.04. The van der Waals surface area contributed by atoms with Crippen molar-refractivity contribution >= 4 is 29.6 Å². The van der Waals surface area contributed by atoms with Crippen molar-refractivity contribution < 1.29 is 34.1 Å². The van der Waals surface area contributed by atoms with E-state index >= 15 is 0 Å². The van der Waals surface area contributed by atoms with Crippen LogP contribution in [0.3, 0.4) is 0 Å². The van der Waals surface area contributed by atoms with Crippen LogP contribution in [0, 0.1) is 5.92 Å². The normalized spacial score (nSPS) is 16.3. The highest BCUT2D eigenvalue weighted by atomic mass is 16.6. The largest absolute Gasteiger partial charge is 0.479 e. The van der Waals surface area contributed by atoms with Gasteiger partial charge in [-0.3, -0.25) is 14.5 Å². The summed E-state index contributed by atoms with van der Waals surface area (Å²) >= 11 is 0. The number of aliphatic carboxylic acids is 1. The number of carboxylic acid groups (broad SMARTS) is 1. The molecule has 0 saturated heterocycles. The van der Waals surface area contributed by atoms with Crippen molar-refractivity contribution in [3.05, 3.63) is 114 Å². The number of aliphatic hydroxyl groups is 1. The zero-order valence-electron chi connectivity index (χ0n) is 24.2. The maximum absolute atomic E-state index is 14.4. The smallest absolute Gasteiger partial charge is 0.414 e. The topological polar surface area (TPSA) is 128 Å². The number of carboxylic acids is 1. The molecule has 0 saturated carbocycles. The third-order valence-corrected chi connectivity index (χ3v) is 7.13. The van der Waals surface area contributed by atoms with Gasteiger partial charge in [-0.1, -0.05) is 105 Å². The van der Waals surface area contributed by atoms with Gasteiger partial charge in [0.15, 0.2) is 6.10 Å². The first kappa shape index (κ1) is 31.0. The van der Waals surface area contributed by atoms with Gasteiger partial charge in [0.2, 0.25) is 5.91 Å². The lowest BCUT2D eigenvalue weighted by Crippen LogP contribution is -2.64. The van der Waals surface area contributed by atoms with Crippen LogP contribution in [-0.2, 0) is 32.1 Å². The van der Waals surface area contributed by atoms with E-state index in [1.54, 1.807) is 74.5 Å². The Kier molecular flexibility index (Phi) is 9.95. The molecular weight excluding hydrogens is 550 g/mol. The molecule has 3 aromatic carbocycles. The lowest BCUT2D eigenvalue weighted by atomic mass is 9.97. The Morgan fingerprint density at radius 1 is 0.884 bits per heavy atom. The van der Waals surface area contributed by atoms with E-state index < -0.39 is 48.0 Å². The molecule has 3 aromatic rings.